The molecule has 0 saturated carbocycles. The first-order chi connectivity index (χ1) is 8.79. The van der Waals surface area contributed by atoms with Crippen LogP contribution in [0.5, 0.6) is 0 Å². The van der Waals surface area contributed by atoms with Gasteiger partial charge in [0.05, 0.1) is 16.9 Å². The van der Waals surface area contributed by atoms with E-state index in [1.54, 1.807) is 24.3 Å². The minimum Gasteiger partial charge on any atom is -0.451 e. The van der Waals surface area contributed by atoms with Gasteiger partial charge in [-0.1, -0.05) is 12.1 Å². The van der Waals surface area contributed by atoms with Crippen LogP contribution < -0.4 is 5.32 Å². The number of rotatable bonds is 4. The lowest BCUT2D eigenvalue weighted by Crippen LogP contribution is -2.13. The molecule has 0 aliphatic carbocycles. The van der Waals surface area contributed by atoms with Crippen LogP contribution in [0.25, 0.3) is 0 Å². The van der Waals surface area contributed by atoms with Crippen LogP contribution in [0, 0.1) is 11.3 Å². The molecule has 2 rings (SSSR count). The van der Waals surface area contributed by atoms with Crippen molar-refractivity contribution in [2.24, 2.45) is 0 Å². The van der Waals surface area contributed by atoms with Crippen LogP contribution in [0.4, 0.5) is 5.69 Å². The van der Waals surface area contributed by atoms with Crippen LogP contribution in [0.2, 0.25) is 0 Å². The van der Waals surface area contributed by atoms with Crippen molar-refractivity contribution in [3.8, 4) is 6.07 Å². The number of aryl methyl sites for hydroxylation is 1. The number of hydrogen-bond acceptors (Lipinski definition) is 4. The van der Waals surface area contributed by atoms with Crippen molar-refractivity contribution >= 4 is 11.6 Å². The van der Waals surface area contributed by atoms with Gasteiger partial charge in [0.2, 0.25) is 5.91 Å². The molecular weight excluding hydrogens is 230 g/mol. The molecule has 0 atom stereocenters. The number of anilines is 1. The SMILES string of the molecule is N#Cc1ccccc1NC(=O)CCc1cocn1. The molecule has 1 N–H and O–H groups in total. The Morgan fingerprint density at radius 1 is 1.44 bits per heavy atom. The maximum absolute atomic E-state index is 11.7. The van der Waals surface area contributed by atoms with Crippen molar-refractivity contribution in [3.05, 3.63) is 48.2 Å². The minimum atomic E-state index is -0.152. The van der Waals surface area contributed by atoms with Gasteiger partial charge >= 0.3 is 0 Å². The average molecular weight is 241 g/mol. The lowest BCUT2D eigenvalue weighted by atomic mass is 10.2. The molecule has 0 saturated heterocycles. The van der Waals surface area contributed by atoms with Crippen molar-refractivity contribution in [3.63, 3.8) is 0 Å². The van der Waals surface area contributed by atoms with Gasteiger partial charge in [-0.15, -0.1) is 0 Å². The molecule has 2 aromatic rings. The molecular formula is C13H11N3O2. The summed E-state index contributed by atoms with van der Waals surface area (Å²) in [5.41, 5.74) is 1.72. The van der Waals surface area contributed by atoms with E-state index in [1.807, 2.05) is 6.07 Å². The first kappa shape index (κ1) is 11.9. The van der Waals surface area contributed by atoms with Crippen molar-refractivity contribution in [1.82, 2.24) is 4.98 Å². The maximum atomic E-state index is 11.7. The fraction of sp³-hybridized carbons (Fsp3) is 0.154. The number of nitrogens with one attached hydrogen (secondary N) is 1. The number of aromatic nitrogens is 1. The lowest BCUT2D eigenvalue weighted by molar-refractivity contribution is -0.116. The van der Waals surface area contributed by atoms with Gasteiger partial charge in [-0.25, -0.2) is 4.98 Å². The van der Waals surface area contributed by atoms with Crippen LogP contribution in [0.15, 0.2) is 41.3 Å². The van der Waals surface area contributed by atoms with Crippen LogP contribution in [0.3, 0.4) is 0 Å². The number of amides is 1. The Kier molecular flexibility index (Phi) is 3.72. The lowest BCUT2D eigenvalue weighted by Gasteiger charge is -2.05. The quantitative estimate of drug-likeness (QED) is 0.889. The van der Waals surface area contributed by atoms with E-state index in [0.29, 0.717) is 24.1 Å². The highest BCUT2D eigenvalue weighted by Crippen LogP contribution is 2.14. The Morgan fingerprint density at radius 2 is 2.28 bits per heavy atom. The zero-order chi connectivity index (χ0) is 12.8. The Balaban J connectivity index is 1.93. The van der Waals surface area contributed by atoms with E-state index in [2.05, 4.69) is 10.3 Å². The Hall–Kier alpha value is -2.61. The first-order valence-electron chi connectivity index (χ1n) is 5.45. The predicted octanol–water partition coefficient (Wildman–Crippen LogP) is 2.12. The van der Waals surface area contributed by atoms with Crippen LogP contribution in [0.1, 0.15) is 17.7 Å². The zero-order valence-electron chi connectivity index (χ0n) is 9.59. The van der Waals surface area contributed by atoms with Crippen LogP contribution in [-0.4, -0.2) is 10.9 Å². The second-order valence-electron chi connectivity index (χ2n) is 3.69. The summed E-state index contributed by atoms with van der Waals surface area (Å²) in [6.45, 7) is 0. The normalized spacial score (nSPS) is 9.72. The van der Waals surface area contributed by atoms with Crippen LogP contribution in [-0.2, 0) is 11.2 Å². The van der Waals surface area contributed by atoms with Gasteiger partial charge in [0.15, 0.2) is 6.39 Å². The summed E-state index contributed by atoms with van der Waals surface area (Å²) in [4.78, 5) is 15.6. The number of carbonyl (C=O) groups is 1. The number of oxazole rings is 1. The highest BCUT2D eigenvalue weighted by molar-refractivity contribution is 5.92. The molecule has 1 heterocycles. The molecule has 0 unspecified atom stereocenters. The van der Waals surface area contributed by atoms with Crippen molar-refractivity contribution < 1.29 is 9.21 Å². The molecule has 18 heavy (non-hydrogen) atoms. The number of nitrogens with zero attached hydrogens (tertiary/aromatic N) is 2. The average Bonchev–Trinajstić information content (AvgIpc) is 2.90. The molecule has 1 amide bonds. The van der Waals surface area contributed by atoms with E-state index in [1.165, 1.54) is 12.7 Å². The van der Waals surface area contributed by atoms with E-state index in [9.17, 15) is 4.79 Å². The smallest absolute Gasteiger partial charge is 0.224 e. The third-order valence-corrected chi connectivity index (χ3v) is 2.41. The molecule has 0 bridgehead atoms. The van der Waals surface area contributed by atoms with Gasteiger partial charge in [-0.05, 0) is 12.1 Å². The number of hydrogen-bond donors (Lipinski definition) is 1. The zero-order valence-corrected chi connectivity index (χ0v) is 9.59. The largest absolute Gasteiger partial charge is 0.451 e. The summed E-state index contributed by atoms with van der Waals surface area (Å²) in [6.07, 6.45) is 3.65. The fourth-order valence-corrected chi connectivity index (χ4v) is 1.50. The molecule has 1 aromatic heterocycles. The second-order valence-corrected chi connectivity index (χ2v) is 3.69. The molecule has 0 aliphatic heterocycles. The van der Waals surface area contributed by atoms with Gasteiger partial charge in [0.1, 0.15) is 12.3 Å². The molecule has 5 nitrogen and oxygen atoms in total. The number of benzene rings is 1. The molecule has 0 radical (unpaired) electrons. The van der Waals surface area contributed by atoms with Crippen LogP contribution >= 0.6 is 0 Å². The van der Waals surface area contributed by atoms with E-state index < -0.39 is 0 Å². The molecule has 90 valence electrons. The molecule has 1 aromatic carbocycles. The van der Waals surface area contributed by atoms with E-state index in [-0.39, 0.29) is 5.91 Å². The second kappa shape index (κ2) is 5.64. The van der Waals surface area contributed by atoms with Crippen molar-refractivity contribution in [1.29, 1.82) is 5.26 Å². The standard InChI is InChI=1S/C13H11N3O2/c14-7-10-3-1-2-4-12(10)16-13(17)6-5-11-8-18-9-15-11/h1-4,8-9H,5-6H2,(H,16,17). The third kappa shape index (κ3) is 2.95. The third-order valence-electron chi connectivity index (χ3n) is 2.41. The molecule has 0 spiro atoms. The van der Waals surface area contributed by atoms with Gasteiger partial charge in [-0.3, -0.25) is 4.79 Å². The Morgan fingerprint density at radius 3 is 3.00 bits per heavy atom. The highest BCUT2D eigenvalue weighted by Gasteiger charge is 2.07. The summed E-state index contributed by atoms with van der Waals surface area (Å²) in [5, 5.41) is 11.6. The number of para-hydroxylation sites is 1. The number of carbonyl (C=O) groups excluding carboxylic acids is 1. The summed E-state index contributed by atoms with van der Waals surface area (Å²) >= 11 is 0. The van der Waals surface area contributed by atoms with E-state index >= 15 is 0 Å². The minimum absolute atomic E-state index is 0.152. The first-order valence-corrected chi connectivity index (χ1v) is 5.45. The number of nitriles is 1. The van der Waals surface area contributed by atoms with Gasteiger partial charge in [0, 0.05) is 12.8 Å². The maximum Gasteiger partial charge on any atom is 0.224 e. The summed E-state index contributed by atoms with van der Waals surface area (Å²) in [7, 11) is 0. The van der Waals surface area contributed by atoms with Crippen molar-refractivity contribution in [2.45, 2.75) is 12.8 Å². The predicted molar refractivity (Wildman–Crippen MR) is 64.6 cm³/mol. The van der Waals surface area contributed by atoms with E-state index in [4.69, 9.17) is 9.68 Å². The van der Waals surface area contributed by atoms with Gasteiger partial charge in [-0.2, -0.15) is 5.26 Å². The summed E-state index contributed by atoms with van der Waals surface area (Å²) in [6, 6.07) is 8.91. The fourth-order valence-electron chi connectivity index (χ4n) is 1.50. The molecule has 0 fully saturated rings. The highest BCUT2D eigenvalue weighted by atomic mass is 16.3. The summed E-state index contributed by atoms with van der Waals surface area (Å²) in [5.74, 6) is -0.152. The monoisotopic (exact) mass is 241 g/mol. The van der Waals surface area contributed by atoms with Crippen molar-refractivity contribution in [2.75, 3.05) is 5.32 Å². The van der Waals surface area contributed by atoms with Gasteiger partial charge in [0.25, 0.3) is 0 Å². The Bertz CT molecular complexity index is 570. The summed E-state index contributed by atoms with van der Waals surface area (Å²) < 4.78 is 4.82. The molecule has 0 aliphatic rings. The molecule has 5 heteroatoms. The Labute approximate surface area is 104 Å². The van der Waals surface area contributed by atoms with E-state index in [0.717, 1.165) is 5.69 Å². The van der Waals surface area contributed by atoms with Gasteiger partial charge < -0.3 is 9.73 Å². The topological polar surface area (TPSA) is 78.9 Å².